The van der Waals surface area contributed by atoms with Gasteiger partial charge in [-0.05, 0) is 56.2 Å². The monoisotopic (exact) mass is 294 g/mol. The third-order valence-electron chi connectivity index (χ3n) is 4.09. The summed E-state index contributed by atoms with van der Waals surface area (Å²) >= 11 is 0. The van der Waals surface area contributed by atoms with Crippen LogP contribution in [0.3, 0.4) is 0 Å². The molecule has 0 aliphatic heterocycles. The highest BCUT2D eigenvalue weighted by Gasteiger charge is 2.25. The van der Waals surface area contributed by atoms with E-state index in [1.54, 1.807) is 6.33 Å². The molecule has 2 aromatic heterocycles. The first-order chi connectivity index (χ1) is 10.6. The lowest BCUT2D eigenvalue weighted by atomic mass is 10.0. The molecular formula is C17H18N4O. The Hall–Kier alpha value is -2.43. The maximum atomic E-state index is 6.13. The quantitative estimate of drug-likeness (QED) is 0.794. The number of H-pyrrole nitrogens is 1. The maximum absolute atomic E-state index is 6.13. The molecule has 5 heteroatoms. The van der Waals surface area contributed by atoms with Gasteiger partial charge in [-0.25, -0.2) is 9.97 Å². The molecule has 1 aliphatic carbocycles. The molecule has 0 spiro atoms. The van der Waals surface area contributed by atoms with E-state index in [0.717, 1.165) is 28.3 Å². The number of ether oxygens (including phenoxy) is 1. The zero-order chi connectivity index (χ0) is 15.3. The van der Waals surface area contributed by atoms with E-state index in [-0.39, 0.29) is 0 Å². The molecule has 0 atom stereocenters. The molecule has 0 bridgehead atoms. The smallest absolute Gasteiger partial charge is 0.249 e. The lowest BCUT2D eigenvalue weighted by Gasteiger charge is -2.13. The van der Waals surface area contributed by atoms with Crippen LogP contribution >= 0.6 is 0 Å². The summed E-state index contributed by atoms with van der Waals surface area (Å²) in [5, 5.41) is 0. The second-order valence-corrected chi connectivity index (χ2v) is 6.04. The van der Waals surface area contributed by atoms with Gasteiger partial charge in [-0.2, -0.15) is 4.98 Å². The Bertz CT molecular complexity index is 841. The summed E-state index contributed by atoms with van der Waals surface area (Å²) in [6.07, 6.45) is 4.22. The molecule has 0 radical (unpaired) electrons. The van der Waals surface area contributed by atoms with E-state index in [1.807, 2.05) is 6.92 Å². The van der Waals surface area contributed by atoms with Gasteiger partial charge in [-0.1, -0.05) is 12.1 Å². The fraction of sp³-hybridized carbons (Fsp3) is 0.353. The minimum Gasteiger partial charge on any atom is -0.436 e. The minimum absolute atomic E-state index is 0.533. The van der Waals surface area contributed by atoms with Gasteiger partial charge in [0, 0.05) is 0 Å². The van der Waals surface area contributed by atoms with E-state index >= 15 is 0 Å². The summed E-state index contributed by atoms with van der Waals surface area (Å²) in [7, 11) is 0. The van der Waals surface area contributed by atoms with E-state index in [2.05, 4.69) is 45.9 Å². The number of rotatable bonds is 3. The van der Waals surface area contributed by atoms with Gasteiger partial charge in [0.05, 0.1) is 6.33 Å². The van der Waals surface area contributed by atoms with Crippen molar-refractivity contribution in [2.45, 2.75) is 39.5 Å². The number of benzene rings is 1. The van der Waals surface area contributed by atoms with Crippen molar-refractivity contribution in [3.63, 3.8) is 0 Å². The van der Waals surface area contributed by atoms with Crippen LogP contribution in [0.4, 0.5) is 0 Å². The van der Waals surface area contributed by atoms with Crippen LogP contribution < -0.4 is 4.74 Å². The molecule has 0 amide bonds. The van der Waals surface area contributed by atoms with Gasteiger partial charge in [-0.3, -0.25) is 0 Å². The number of imidazole rings is 1. The third kappa shape index (κ3) is 2.22. The Balaban J connectivity index is 1.77. The van der Waals surface area contributed by atoms with Crippen molar-refractivity contribution in [3.8, 4) is 11.6 Å². The first-order valence-corrected chi connectivity index (χ1v) is 7.58. The molecule has 0 unspecified atom stereocenters. The van der Waals surface area contributed by atoms with Crippen LogP contribution in [0.15, 0.2) is 18.5 Å². The summed E-state index contributed by atoms with van der Waals surface area (Å²) in [5.41, 5.74) is 5.08. The predicted octanol–water partition coefficient (Wildman–Crippen LogP) is 3.95. The molecule has 1 saturated carbocycles. The Morgan fingerprint density at radius 1 is 1.09 bits per heavy atom. The molecule has 2 heterocycles. The number of aryl methyl sites for hydroxylation is 3. The average molecular weight is 294 g/mol. The summed E-state index contributed by atoms with van der Waals surface area (Å²) in [5.74, 6) is 2.80. The van der Waals surface area contributed by atoms with Gasteiger partial charge in [0.1, 0.15) is 17.1 Å². The van der Waals surface area contributed by atoms with E-state index in [4.69, 9.17) is 4.74 Å². The Labute approximate surface area is 128 Å². The number of nitrogens with one attached hydrogen (secondary N) is 1. The van der Waals surface area contributed by atoms with Crippen LogP contribution in [0.25, 0.3) is 11.2 Å². The van der Waals surface area contributed by atoms with Gasteiger partial charge in [-0.15, -0.1) is 0 Å². The van der Waals surface area contributed by atoms with Gasteiger partial charge in [0.15, 0.2) is 5.65 Å². The maximum Gasteiger partial charge on any atom is 0.249 e. The van der Waals surface area contributed by atoms with Crippen molar-refractivity contribution >= 4 is 11.2 Å². The fourth-order valence-electron chi connectivity index (χ4n) is 2.88. The highest BCUT2D eigenvalue weighted by atomic mass is 16.5. The standard InChI is InChI=1S/C17H18N4O/c1-9-6-13(12-4-5-12)7-10(2)15(9)22-17-14-16(19-8-18-14)20-11(3)21-17/h6-8,12H,4-5H2,1-3H3,(H,18,19,20,21). The van der Waals surface area contributed by atoms with Crippen LogP contribution in [0.2, 0.25) is 0 Å². The fourth-order valence-corrected chi connectivity index (χ4v) is 2.88. The second kappa shape index (κ2) is 4.80. The molecule has 112 valence electrons. The summed E-state index contributed by atoms with van der Waals surface area (Å²) in [6.45, 7) is 6.02. The van der Waals surface area contributed by atoms with Crippen LogP contribution in [-0.4, -0.2) is 19.9 Å². The van der Waals surface area contributed by atoms with Gasteiger partial charge in [0.25, 0.3) is 0 Å². The lowest BCUT2D eigenvalue weighted by Crippen LogP contribution is -1.98. The number of hydrogen-bond acceptors (Lipinski definition) is 4. The molecule has 22 heavy (non-hydrogen) atoms. The SMILES string of the molecule is Cc1nc(Oc2c(C)cc(C3CC3)cc2C)c2[nH]cnc2n1. The topological polar surface area (TPSA) is 63.7 Å². The van der Waals surface area contributed by atoms with Crippen molar-refractivity contribution in [2.75, 3.05) is 0 Å². The number of aromatic nitrogens is 4. The first-order valence-electron chi connectivity index (χ1n) is 7.58. The molecular weight excluding hydrogens is 276 g/mol. The lowest BCUT2D eigenvalue weighted by molar-refractivity contribution is 0.458. The van der Waals surface area contributed by atoms with Gasteiger partial charge < -0.3 is 9.72 Å². The van der Waals surface area contributed by atoms with Gasteiger partial charge >= 0.3 is 0 Å². The van der Waals surface area contributed by atoms with Gasteiger partial charge in [0.2, 0.25) is 5.88 Å². The molecule has 4 rings (SSSR count). The van der Waals surface area contributed by atoms with E-state index < -0.39 is 0 Å². The van der Waals surface area contributed by atoms with Crippen LogP contribution in [0.5, 0.6) is 11.6 Å². The highest BCUT2D eigenvalue weighted by Crippen LogP contribution is 2.42. The van der Waals surface area contributed by atoms with Crippen molar-refractivity contribution in [1.29, 1.82) is 0 Å². The zero-order valence-corrected chi connectivity index (χ0v) is 13.0. The average Bonchev–Trinajstić information content (AvgIpc) is 3.21. The van der Waals surface area contributed by atoms with Crippen molar-refractivity contribution in [2.24, 2.45) is 0 Å². The van der Waals surface area contributed by atoms with Crippen molar-refractivity contribution < 1.29 is 4.74 Å². The molecule has 1 N–H and O–H groups in total. The predicted molar refractivity (Wildman–Crippen MR) is 84.4 cm³/mol. The molecule has 1 aliphatic rings. The number of aromatic amines is 1. The van der Waals surface area contributed by atoms with E-state index in [1.165, 1.54) is 18.4 Å². The first kappa shape index (κ1) is 13.2. The van der Waals surface area contributed by atoms with Crippen LogP contribution in [0.1, 0.15) is 41.3 Å². The Morgan fingerprint density at radius 3 is 2.50 bits per heavy atom. The highest BCUT2D eigenvalue weighted by molar-refractivity contribution is 5.76. The normalized spacial score (nSPS) is 14.5. The van der Waals surface area contributed by atoms with Crippen molar-refractivity contribution in [3.05, 3.63) is 41.0 Å². The molecule has 5 nitrogen and oxygen atoms in total. The number of nitrogens with zero attached hydrogens (tertiary/aromatic N) is 3. The Kier molecular flexibility index (Phi) is 2.89. The summed E-state index contributed by atoms with van der Waals surface area (Å²) in [6, 6.07) is 4.47. The van der Waals surface area contributed by atoms with Crippen LogP contribution in [0, 0.1) is 20.8 Å². The number of hydrogen-bond donors (Lipinski definition) is 1. The summed E-state index contributed by atoms with van der Waals surface area (Å²) < 4.78 is 6.13. The second-order valence-electron chi connectivity index (χ2n) is 6.04. The van der Waals surface area contributed by atoms with E-state index in [9.17, 15) is 0 Å². The van der Waals surface area contributed by atoms with Crippen molar-refractivity contribution in [1.82, 2.24) is 19.9 Å². The third-order valence-corrected chi connectivity index (χ3v) is 4.09. The summed E-state index contributed by atoms with van der Waals surface area (Å²) in [4.78, 5) is 15.9. The molecule has 1 aromatic carbocycles. The van der Waals surface area contributed by atoms with E-state index in [0.29, 0.717) is 17.4 Å². The molecule has 1 fully saturated rings. The molecule has 0 saturated heterocycles. The number of fused-ring (bicyclic) bond motifs is 1. The zero-order valence-electron chi connectivity index (χ0n) is 13.0. The molecule has 3 aromatic rings. The minimum atomic E-state index is 0.533. The van der Waals surface area contributed by atoms with Crippen LogP contribution in [-0.2, 0) is 0 Å². The Morgan fingerprint density at radius 2 is 1.82 bits per heavy atom. The largest absolute Gasteiger partial charge is 0.436 e.